The van der Waals surface area contributed by atoms with Crippen LogP contribution in [0.25, 0.3) is 22.2 Å². The molecule has 0 N–H and O–H groups in total. The molecule has 2 heterocycles. The first kappa shape index (κ1) is 27.7. The van der Waals surface area contributed by atoms with E-state index in [0.29, 0.717) is 35.0 Å². The molecule has 6 rings (SSSR count). The van der Waals surface area contributed by atoms with Crippen molar-refractivity contribution in [2.24, 2.45) is 0 Å². The number of hydrogen-bond donors (Lipinski definition) is 0. The monoisotopic (exact) mass is 632 g/mol. The van der Waals surface area contributed by atoms with Crippen molar-refractivity contribution in [2.75, 3.05) is 33.2 Å². The second-order valence-electron chi connectivity index (χ2n) is 10.3. The van der Waals surface area contributed by atoms with Crippen molar-refractivity contribution in [3.05, 3.63) is 105 Å². The number of hydrogen-bond acceptors (Lipinski definition) is 7. The Kier molecular flexibility index (Phi) is 8.53. The third kappa shape index (κ3) is 6.57. The van der Waals surface area contributed by atoms with Crippen LogP contribution in [-0.2, 0) is 19.8 Å². The molecule has 210 valence electrons. The first-order valence-corrected chi connectivity index (χ1v) is 14.7. The molecule has 0 aliphatic carbocycles. The van der Waals surface area contributed by atoms with Gasteiger partial charge in [0.15, 0.2) is 0 Å². The van der Waals surface area contributed by atoms with Crippen molar-refractivity contribution < 1.29 is 14.1 Å². The van der Waals surface area contributed by atoms with Gasteiger partial charge < -0.3 is 14.4 Å². The van der Waals surface area contributed by atoms with Gasteiger partial charge in [0, 0.05) is 54.4 Å². The fraction of sp³-hybridized carbons (Fsp3) is 0.250. The van der Waals surface area contributed by atoms with Crippen LogP contribution in [0.3, 0.4) is 0 Å². The molecule has 0 radical (unpaired) electrons. The number of rotatable bonds is 9. The fourth-order valence-corrected chi connectivity index (χ4v) is 5.81. The molecular weight excluding hydrogens is 604 g/mol. The fourth-order valence-electron chi connectivity index (χ4n) is 4.96. The highest BCUT2D eigenvalue weighted by atomic mass is 79.9. The van der Waals surface area contributed by atoms with Gasteiger partial charge >= 0.3 is 0 Å². The Morgan fingerprint density at radius 2 is 1.59 bits per heavy atom. The molecule has 0 spiro atoms. The van der Waals surface area contributed by atoms with Gasteiger partial charge in [-0.05, 0) is 68.2 Å². The Labute approximate surface area is 252 Å². The number of likely N-dealkylation sites (N-methyl/N-ethyl adjacent to an activating group) is 1. The normalized spacial score (nSPS) is 14.4. The third-order valence-electron chi connectivity index (χ3n) is 7.36. The number of ether oxygens (including phenoxy) is 2. The van der Waals surface area contributed by atoms with Gasteiger partial charge in [-0.15, -0.1) is 0 Å². The van der Waals surface area contributed by atoms with Crippen LogP contribution >= 0.6 is 27.5 Å². The van der Waals surface area contributed by atoms with E-state index in [0.717, 1.165) is 70.8 Å². The molecule has 1 aliphatic rings. The summed E-state index contributed by atoms with van der Waals surface area (Å²) in [5.74, 6) is 1.33. The Hall–Kier alpha value is -3.43. The molecule has 0 saturated carbocycles. The quantitative estimate of drug-likeness (QED) is 0.170. The lowest BCUT2D eigenvalue weighted by Crippen LogP contribution is -2.43. The van der Waals surface area contributed by atoms with E-state index >= 15 is 0 Å². The summed E-state index contributed by atoms with van der Waals surface area (Å²) in [6.45, 7) is 5.53. The maximum Gasteiger partial charge on any atom is 0.142 e. The minimum Gasteiger partial charge on any atom is -0.488 e. The summed E-state index contributed by atoms with van der Waals surface area (Å²) >= 11 is 10.6. The van der Waals surface area contributed by atoms with Crippen molar-refractivity contribution in [3.63, 3.8) is 0 Å². The zero-order valence-electron chi connectivity index (χ0n) is 22.7. The molecule has 1 aromatic heterocycles. The lowest BCUT2D eigenvalue weighted by Gasteiger charge is -2.32. The number of nitrogens with zero attached hydrogens (tertiary/aromatic N) is 4. The van der Waals surface area contributed by atoms with E-state index in [4.69, 9.17) is 25.7 Å². The first-order chi connectivity index (χ1) is 20.0. The number of halogens is 2. The van der Waals surface area contributed by atoms with Crippen molar-refractivity contribution in [1.82, 2.24) is 20.1 Å². The average Bonchev–Trinajstić information content (AvgIpc) is 3.46. The smallest absolute Gasteiger partial charge is 0.142 e. The highest BCUT2D eigenvalue weighted by Crippen LogP contribution is 2.36. The van der Waals surface area contributed by atoms with Crippen molar-refractivity contribution in [3.8, 4) is 22.6 Å². The Morgan fingerprint density at radius 1 is 0.805 bits per heavy atom. The maximum atomic E-state index is 6.80. The predicted octanol–water partition coefficient (Wildman–Crippen LogP) is 7.21. The summed E-state index contributed by atoms with van der Waals surface area (Å²) in [7, 11) is 2.16. The zero-order valence-corrected chi connectivity index (χ0v) is 25.1. The molecule has 4 aromatic carbocycles. The second-order valence-corrected chi connectivity index (χ2v) is 11.5. The molecule has 1 saturated heterocycles. The van der Waals surface area contributed by atoms with Gasteiger partial charge in [0.05, 0.1) is 5.02 Å². The van der Waals surface area contributed by atoms with Crippen LogP contribution < -0.4 is 9.47 Å². The van der Waals surface area contributed by atoms with Crippen LogP contribution in [0.15, 0.2) is 88.0 Å². The summed E-state index contributed by atoms with van der Waals surface area (Å²) in [6, 6.07) is 26.2. The topological polar surface area (TPSA) is 63.9 Å². The van der Waals surface area contributed by atoms with Gasteiger partial charge in [-0.25, -0.2) is 4.63 Å². The number of fused-ring (bicyclic) bond motifs is 1. The van der Waals surface area contributed by atoms with Crippen molar-refractivity contribution in [2.45, 2.75) is 19.8 Å². The summed E-state index contributed by atoms with van der Waals surface area (Å²) in [5, 5.41) is 8.40. The Balaban J connectivity index is 1.24. The van der Waals surface area contributed by atoms with Gasteiger partial charge in [-0.3, -0.25) is 4.90 Å². The van der Waals surface area contributed by atoms with E-state index in [1.807, 2.05) is 54.6 Å². The molecular formula is C32H30BrClN4O3. The van der Waals surface area contributed by atoms with E-state index in [2.05, 4.69) is 67.4 Å². The van der Waals surface area contributed by atoms with E-state index in [1.54, 1.807) is 0 Å². The molecule has 41 heavy (non-hydrogen) atoms. The number of piperazine rings is 1. The first-order valence-electron chi connectivity index (χ1n) is 13.6. The minimum atomic E-state index is 0.355. The molecule has 1 fully saturated rings. The van der Waals surface area contributed by atoms with Crippen LogP contribution in [0.4, 0.5) is 0 Å². The average molecular weight is 634 g/mol. The second kappa shape index (κ2) is 12.6. The maximum absolute atomic E-state index is 6.80. The van der Waals surface area contributed by atoms with Gasteiger partial charge in [-0.2, -0.15) is 0 Å². The van der Waals surface area contributed by atoms with Crippen molar-refractivity contribution in [1.29, 1.82) is 0 Å². The van der Waals surface area contributed by atoms with Crippen LogP contribution in [0.5, 0.6) is 11.5 Å². The van der Waals surface area contributed by atoms with Crippen LogP contribution in [-0.4, -0.2) is 53.3 Å². The summed E-state index contributed by atoms with van der Waals surface area (Å²) in [4.78, 5) is 4.77. The van der Waals surface area contributed by atoms with E-state index < -0.39 is 0 Å². The molecule has 0 atom stereocenters. The predicted molar refractivity (Wildman–Crippen MR) is 164 cm³/mol. The van der Waals surface area contributed by atoms with Crippen LogP contribution in [0.2, 0.25) is 5.02 Å². The molecule has 0 amide bonds. The van der Waals surface area contributed by atoms with Gasteiger partial charge in [0.2, 0.25) is 0 Å². The van der Waals surface area contributed by atoms with Gasteiger partial charge in [0.1, 0.15) is 35.7 Å². The summed E-state index contributed by atoms with van der Waals surface area (Å²) in [6.07, 6.45) is 0. The van der Waals surface area contributed by atoms with Crippen molar-refractivity contribution >= 4 is 38.6 Å². The highest BCUT2D eigenvalue weighted by Gasteiger charge is 2.19. The van der Waals surface area contributed by atoms with Crippen LogP contribution in [0, 0.1) is 0 Å². The number of aromatic nitrogens is 2. The molecule has 7 nitrogen and oxygen atoms in total. The standard InChI is InChI=1S/C32H30BrClN4O3/c1-37-12-14-38(15-13-37)19-25-17-27(34)31(18-30(25)39-20-22-10-11-28-29(16-22)36-41-35-28)40-21-24-8-5-9-26(32(24)33)23-6-3-2-4-7-23/h2-11,16-18H,12-15,19-21H2,1H3. The Morgan fingerprint density at radius 3 is 2.41 bits per heavy atom. The van der Waals surface area contributed by atoms with Crippen LogP contribution in [0.1, 0.15) is 16.7 Å². The lowest BCUT2D eigenvalue weighted by atomic mass is 10.0. The third-order valence-corrected chi connectivity index (χ3v) is 8.60. The summed E-state index contributed by atoms with van der Waals surface area (Å²) in [5.41, 5.74) is 6.70. The van der Waals surface area contributed by atoms with Gasteiger partial charge in [-0.1, -0.05) is 66.2 Å². The minimum absolute atomic E-state index is 0.355. The summed E-state index contributed by atoms with van der Waals surface area (Å²) < 4.78 is 18.5. The Bertz CT molecular complexity index is 1640. The molecule has 0 unspecified atom stereocenters. The lowest BCUT2D eigenvalue weighted by molar-refractivity contribution is 0.146. The van der Waals surface area contributed by atoms with E-state index in [9.17, 15) is 0 Å². The zero-order chi connectivity index (χ0) is 28.2. The molecule has 1 aliphatic heterocycles. The molecule has 9 heteroatoms. The molecule has 5 aromatic rings. The van der Waals surface area contributed by atoms with E-state index in [1.165, 1.54) is 0 Å². The highest BCUT2D eigenvalue weighted by molar-refractivity contribution is 9.10. The largest absolute Gasteiger partial charge is 0.488 e. The molecule has 0 bridgehead atoms. The van der Waals surface area contributed by atoms with Gasteiger partial charge in [0.25, 0.3) is 0 Å². The number of benzene rings is 4. The van der Waals surface area contributed by atoms with E-state index in [-0.39, 0.29) is 0 Å². The SMILES string of the molecule is CN1CCN(Cc2cc(Cl)c(OCc3cccc(-c4ccccc4)c3Br)cc2OCc2ccc3nonc3c2)CC1.